The van der Waals surface area contributed by atoms with Crippen molar-refractivity contribution in [1.29, 1.82) is 0 Å². The Bertz CT molecular complexity index is 788. The van der Waals surface area contributed by atoms with E-state index in [1.54, 1.807) is 4.52 Å². The van der Waals surface area contributed by atoms with Crippen molar-refractivity contribution >= 4 is 11.5 Å². The Morgan fingerprint density at radius 3 is 2.65 bits per heavy atom. The van der Waals surface area contributed by atoms with Crippen LogP contribution < -0.4 is 11.3 Å². The topological polar surface area (TPSA) is 68.2 Å². The van der Waals surface area contributed by atoms with Gasteiger partial charge in [0.05, 0.1) is 5.69 Å². The van der Waals surface area contributed by atoms with E-state index in [4.69, 9.17) is 5.84 Å². The summed E-state index contributed by atoms with van der Waals surface area (Å²) in [7, 11) is 0. The first-order valence-corrected chi connectivity index (χ1v) is 6.51. The molecule has 0 unspecified atom stereocenters. The molecular weight excluding hydrogens is 250 g/mol. The van der Waals surface area contributed by atoms with Crippen molar-refractivity contribution in [3.63, 3.8) is 0 Å². The Balaban J connectivity index is 2.30. The summed E-state index contributed by atoms with van der Waals surface area (Å²) in [5, 5.41) is 4.65. The summed E-state index contributed by atoms with van der Waals surface area (Å²) in [4.78, 5) is 4.56. The molecule has 0 amide bonds. The van der Waals surface area contributed by atoms with Gasteiger partial charge in [-0.3, -0.25) is 0 Å². The van der Waals surface area contributed by atoms with Gasteiger partial charge in [0.2, 0.25) is 0 Å². The van der Waals surface area contributed by atoms with Gasteiger partial charge in [-0.15, -0.1) is 0 Å². The van der Waals surface area contributed by atoms with Crippen LogP contribution in [0.2, 0.25) is 0 Å². The van der Waals surface area contributed by atoms with E-state index in [9.17, 15) is 0 Å². The first-order valence-electron chi connectivity index (χ1n) is 6.51. The van der Waals surface area contributed by atoms with E-state index in [0.29, 0.717) is 0 Å². The molecule has 102 valence electrons. The highest BCUT2D eigenvalue weighted by Gasteiger charge is 2.14. The normalized spacial score (nSPS) is 11.0. The second-order valence-corrected chi connectivity index (χ2v) is 5.01. The number of hydrogen-bond donors (Lipinski definition) is 2. The molecule has 0 saturated heterocycles. The number of nitrogen functional groups attached to an aromatic ring is 1. The van der Waals surface area contributed by atoms with Crippen LogP contribution in [0.3, 0.4) is 0 Å². The fourth-order valence-corrected chi connectivity index (χ4v) is 2.41. The smallest absolute Gasteiger partial charge is 0.161 e. The zero-order valence-electron chi connectivity index (χ0n) is 11.8. The number of nitrogens with two attached hydrogens (primary N) is 1. The summed E-state index contributed by atoms with van der Waals surface area (Å²) in [6.07, 6.45) is 0. The van der Waals surface area contributed by atoms with Crippen molar-refractivity contribution in [2.45, 2.75) is 20.8 Å². The van der Waals surface area contributed by atoms with Gasteiger partial charge >= 0.3 is 0 Å². The van der Waals surface area contributed by atoms with E-state index in [2.05, 4.69) is 40.6 Å². The lowest BCUT2D eigenvalue weighted by Gasteiger charge is -2.04. The van der Waals surface area contributed by atoms with E-state index in [1.165, 1.54) is 5.56 Å². The lowest BCUT2D eigenvalue weighted by molar-refractivity contribution is 0.930. The number of nitrogens with one attached hydrogen (secondary N) is 1. The molecule has 3 N–H and O–H groups in total. The molecule has 3 aromatic rings. The number of anilines is 1. The summed E-state index contributed by atoms with van der Waals surface area (Å²) in [6, 6.07) is 10.2. The Morgan fingerprint density at radius 1 is 1.15 bits per heavy atom. The monoisotopic (exact) mass is 267 g/mol. The minimum absolute atomic E-state index is 0.731. The van der Waals surface area contributed by atoms with Crippen molar-refractivity contribution in [2.75, 3.05) is 5.43 Å². The highest BCUT2D eigenvalue weighted by Crippen LogP contribution is 2.27. The summed E-state index contributed by atoms with van der Waals surface area (Å²) in [5.74, 6) is 6.30. The maximum atomic E-state index is 5.57. The Labute approximate surface area is 117 Å². The summed E-state index contributed by atoms with van der Waals surface area (Å²) in [6.45, 7) is 6.05. The highest BCUT2D eigenvalue weighted by molar-refractivity contribution is 5.72. The second-order valence-electron chi connectivity index (χ2n) is 5.01. The third kappa shape index (κ3) is 1.92. The summed E-state index contributed by atoms with van der Waals surface area (Å²) >= 11 is 0. The number of aryl methyl sites for hydroxylation is 3. The first-order chi connectivity index (χ1) is 9.60. The van der Waals surface area contributed by atoms with Crippen LogP contribution in [0.15, 0.2) is 30.3 Å². The largest absolute Gasteiger partial charge is 0.308 e. The van der Waals surface area contributed by atoms with Gasteiger partial charge in [-0.1, -0.05) is 23.8 Å². The minimum atomic E-state index is 0.731. The van der Waals surface area contributed by atoms with Crippen molar-refractivity contribution in [1.82, 2.24) is 14.6 Å². The summed E-state index contributed by atoms with van der Waals surface area (Å²) < 4.78 is 1.75. The zero-order chi connectivity index (χ0) is 14.3. The van der Waals surface area contributed by atoms with E-state index in [1.807, 2.05) is 26.0 Å². The van der Waals surface area contributed by atoms with Crippen LogP contribution >= 0.6 is 0 Å². The Morgan fingerprint density at radius 2 is 1.95 bits per heavy atom. The number of aromatic nitrogens is 3. The van der Waals surface area contributed by atoms with Crippen molar-refractivity contribution in [3.05, 3.63) is 47.2 Å². The van der Waals surface area contributed by atoms with Gasteiger partial charge in [-0.25, -0.2) is 10.8 Å². The third-order valence-corrected chi connectivity index (χ3v) is 3.39. The predicted octanol–water partition coefficient (Wildman–Crippen LogP) is 2.61. The third-order valence-electron chi connectivity index (χ3n) is 3.39. The van der Waals surface area contributed by atoms with Gasteiger partial charge in [0.1, 0.15) is 5.82 Å². The molecule has 5 heteroatoms. The van der Waals surface area contributed by atoms with E-state index >= 15 is 0 Å². The lowest BCUT2D eigenvalue weighted by Crippen LogP contribution is -2.12. The maximum absolute atomic E-state index is 5.57. The fraction of sp³-hybridized carbons (Fsp3) is 0.200. The van der Waals surface area contributed by atoms with Gasteiger partial charge in [0, 0.05) is 22.9 Å². The number of hydrazine groups is 1. The van der Waals surface area contributed by atoms with Crippen LogP contribution in [0, 0.1) is 20.8 Å². The molecule has 2 heterocycles. The van der Waals surface area contributed by atoms with Crippen LogP contribution in [0.4, 0.5) is 5.82 Å². The summed E-state index contributed by atoms with van der Waals surface area (Å²) in [5.41, 5.74) is 8.69. The zero-order valence-corrected chi connectivity index (χ0v) is 11.8. The molecule has 2 aromatic heterocycles. The van der Waals surface area contributed by atoms with Crippen LogP contribution in [-0.4, -0.2) is 14.6 Å². The Hall–Kier alpha value is -2.40. The predicted molar refractivity (Wildman–Crippen MR) is 80.4 cm³/mol. The molecule has 5 nitrogen and oxygen atoms in total. The number of benzene rings is 1. The maximum Gasteiger partial charge on any atom is 0.161 e. The van der Waals surface area contributed by atoms with Crippen molar-refractivity contribution in [2.24, 2.45) is 5.84 Å². The number of rotatable bonds is 2. The van der Waals surface area contributed by atoms with E-state index < -0.39 is 0 Å². The molecule has 20 heavy (non-hydrogen) atoms. The fourth-order valence-electron chi connectivity index (χ4n) is 2.41. The highest BCUT2D eigenvalue weighted by atomic mass is 15.4. The first kappa shape index (κ1) is 12.6. The second kappa shape index (κ2) is 4.61. The van der Waals surface area contributed by atoms with Crippen LogP contribution in [0.1, 0.15) is 16.8 Å². The molecule has 0 saturated carbocycles. The Kier molecular flexibility index (Phi) is 2.91. The molecule has 3 rings (SSSR count). The molecule has 0 aliphatic rings. The average Bonchev–Trinajstić information content (AvgIpc) is 2.76. The molecule has 0 aliphatic heterocycles. The van der Waals surface area contributed by atoms with E-state index in [0.717, 1.165) is 34.0 Å². The van der Waals surface area contributed by atoms with E-state index in [-0.39, 0.29) is 0 Å². The molecular formula is C15H17N5. The van der Waals surface area contributed by atoms with Crippen molar-refractivity contribution < 1.29 is 0 Å². The minimum Gasteiger partial charge on any atom is -0.308 e. The molecule has 0 aliphatic carbocycles. The molecule has 0 radical (unpaired) electrons. The standard InChI is InChI=1S/C15H17N5/c1-9-5-4-6-12(7-9)14-11(3)15-17-10(2)8-13(18-16)20(15)19-14/h4-8,18H,16H2,1-3H3. The SMILES string of the molecule is Cc1cccc(-c2nn3c(NN)cc(C)nc3c2C)c1. The van der Waals surface area contributed by atoms with Crippen molar-refractivity contribution in [3.8, 4) is 11.3 Å². The number of nitrogens with zero attached hydrogens (tertiary/aromatic N) is 3. The number of hydrogen-bond acceptors (Lipinski definition) is 4. The molecule has 1 aromatic carbocycles. The molecule has 0 spiro atoms. The molecule has 0 bridgehead atoms. The van der Waals surface area contributed by atoms with Gasteiger partial charge in [-0.2, -0.15) is 9.61 Å². The average molecular weight is 267 g/mol. The van der Waals surface area contributed by atoms with Crippen LogP contribution in [-0.2, 0) is 0 Å². The van der Waals surface area contributed by atoms with Gasteiger partial charge in [0.15, 0.2) is 5.65 Å². The quantitative estimate of drug-likeness (QED) is 0.553. The molecule has 0 fully saturated rings. The number of fused-ring (bicyclic) bond motifs is 1. The lowest BCUT2D eigenvalue weighted by atomic mass is 10.1. The van der Waals surface area contributed by atoms with Crippen LogP contribution in [0.25, 0.3) is 16.9 Å². The van der Waals surface area contributed by atoms with Gasteiger partial charge < -0.3 is 5.43 Å². The van der Waals surface area contributed by atoms with Gasteiger partial charge in [0.25, 0.3) is 0 Å². The van der Waals surface area contributed by atoms with Crippen LogP contribution in [0.5, 0.6) is 0 Å². The molecule has 0 atom stereocenters. The van der Waals surface area contributed by atoms with Gasteiger partial charge in [-0.05, 0) is 26.8 Å².